The molecule has 0 saturated heterocycles. The zero-order valence-electron chi connectivity index (χ0n) is 10.8. The Morgan fingerprint density at radius 1 is 1.20 bits per heavy atom. The van der Waals surface area contributed by atoms with Crippen molar-refractivity contribution in [1.29, 1.82) is 0 Å². The molecule has 1 aromatic heterocycles. The maximum atomic E-state index is 12.4. The number of hydrogen-bond acceptors (Lipinski definition) is 4. The third kappa shape index (κ3) is 3.36. The largest absolute Gasteiger partial charge is 0.316 e. The maximum Gasteiger partial charge on any atom is 0.263 e. The van der Waals surface area contributed by atoms with Gasteiger partial charge in [0.1, 0.15) is 0 Å². The van der Waals surface area contributed by atoms with Gasteiger partial charge in [-0.25, -0.2) is 13.4 Å². The van der Waals surface area contributed by atoms with Gasteiger partial charge in [-0.15, -0.1) is 0 Å². The first-order valence-electron chi connectivity index (χ1n) is 5.90. The fourth-order valence-electron chi connectivity index (χ4n) is 1.75. The summed E-state index contributed by atoms with van der Waals surface area (Å²) in [6.45, 7) is 0.473. The first-order valence-corrected chi connectivity index (χ1v) is 8.18. The van der Waals surface area contributed by atoms with Crippen LogP contribution in [0.15, 0.2) is 52.0 Å². The summed E-state index contributed by atoms with van der Waals surface area (Å²) in [5.74, 6) is 0.270. The highest BCUT2D eigenvalue weighted by molar-refractivity contribution is 9.10. The summed E-state index contributed by atoms with van der Waals surface area (Å²) in [5.41, 5.74) is 0.703. The van der Waals surface area contributed by atoms with Crippen LogP contribution < -0.4 is 10.0 Å². The first-order chi connectivity index (χ1) is 9.54. The van der Waals surface area contributed by atoms with Crippen molar-refractivity contribution in [3.05, 3.63) is 52.6 Å². The minimum Gasteiger partial charge on any atom is -0.316 e. The van der Waals surface area contributed by atoms with E-state index >= 15 is 0 Å². The van der Waals surface area contributed by atoms with Crippen LogP contribution in [0.1, 0.15) is 5.56 Å². The number of halogens is 1. The zero-order valence-corrected chi connectivity index (χ0v) is 13.2. The predicted octanol–water partition coefficient (Wildman–Crippen LogP) is 2.36. The average Bonchev–Trinajstić information content (AvgIpc) is 2.42. The second-order valence-corrected chi connectivity index (χ2v) is 6.58. The molecule has 2 N–H and O–H groups in total. The Hall–Kier alpha value is -1.44. The van der Waals surface area contributed by atoms with Gasteiger partial charge in [-0.3, -0.25) is 4.72 Å². The van der Waals surface area contributed by atoms with Crippen LogP contribution in [0.5, 0.6) is 0 Å². The van der Waals surface area contributed by atoms with Gasteiger partial charge in [0.15, 0.2) is 5.82 Å². The lowest BCUT2D eigenvalue weighted by atomic mass is 10.2. The van der Waals surface area contributed by atoms with Gasteiger partial charge in [0.25, 0.3) is 10.0 Å². The van der Waals surface area contributed by atoms with Gasteiger partial charge in [-0.05, 0) is 46.7 Å². The molecular formula is C13H14BrN3O2S. The molecule has 0 aliphatic rings. The zero-order chi connectivity index (χ0) is 14.6. The minimum absolute atomic E-state index is 0.243. The van der Waals surface area contributed by atoms with Crippen LogP contribution in [-0.4, -0.2) is 20.4 Å². The summed E-state index contributed by atoms with van der Waals surface area (Å²) in [5, 5.41) is 2.95. The molecule has 0 spiro atoms. The van der Waals surface area contributed by atoms with Crippen LogP contribution in [-0.2, 0) is 16.6 Å². The van der Waals surface area contributed by atoms with Crippen molar-refractivity contribution < 1.29 is 8.42 Å². The van der Waals surface area contributed by atoms with Crippen LogP contribution in [0.4, 0.5) is 5.82 Å². The molecule has 2 rings (SSSR count). The fraction of sp³-hybridized carbons (Fsp3) is 0.154. The van der Waals surface area contributed by atoms with Crippen LogP contribution in [0.25, 0.3) is 0 Å². The summed E-state index contributed by atoms with van der Waals surface area (Å²) in [6, 6.07) is 10.3. The smallest absolute Gasteiger partial charge is 0.263 e. The van der Waals surface area contributed by atoms with Gasteiger partial charge in [-0.1, -0.05) is 18.2 Å². The van der Waals surface area contributed by atoms with Gasteiger partial charge in [0.2, 0.25) is 0 Å². The molecule has 2 aromatic rings. The predicted molar refractivity (Wildman–Crippen MR) is 82.0 cm³/mol. The molecule has 0 radical (unpaired) electrons. The Labute approximate surface area is 126 Å². The van der Waals surface area contributed by atoms with Crippen molar-refractivity contribution in [2.75, 3.05) is 11.8 Å². The molecule has 0 saturated carbocycles. The molecule has 20 heavy (non-hydrogen) atoms. The van der Waals surface area contributed by atoms with E-state index in [1.54, 1.807) is 37.4 Å². The average molecular weight is 356 g/mol. The molecule has 5 nitrogen and oxygen atoms in total. The van der Waals surface area contributed by atoms with Crippen LogP contribution in [0.2, 0.25) is 0 Å². The number of anilines is 1. The second kappa shape index (κ2) is 6.34. The highest BCUT2D eigenvalue weighted by Crippen LogP contribution is 2.23. The first kappa shape index (κ1) is 15.0. The van der Waals surface area contributed by atoms with Crippen molar-refractivity contribution in [2.24, 2.45) is 0 Å². The van der Waals surface area contributed by atoms with Gasteiger partial charge in [0, 0.05) is 12.7 Å². The standard InChI is InChI=1S/C13H14BrN3O2S/c1-15-9-10-5-2-3-7-12(10)20(18,19)17-13-11(14)6-4-8-16-13/h2-8,15H,9H2,1H3,(H,16,17). The SMILES string of the molecule is CNCc1ccccc1S(=O)(=O)Nc1ncccc1Br. The molecule has 1 heterocycles. The number of hydrogen-bond donors (Lipinski definition) is 2. The number of rotatable bonds is 5. The molecule has 0 aliphatic carbocycles. The summed E-state index contributed by atoms with van der Waals surface area (Å²) in [7, 11) is -1.90. The molecule has 0 unspecified atom stereocenters. The Morgan fingerprint density at radius 2 is 1.95 bits per heavy atom. The van der Waals surface area contributed by atoms with E-state index in [0.717, 1.165) is 0 Å². The number of nitrogens with one attached hydrogen (secondary N) is 2. The van der Waals surface area contributed by atoms with Crippen molar-refractivity contribution in [3.63, 3.8) is 0 Å². The van der Waals surface area contributed by atoms with E-state index in [-0.39, 0.29) is 10.7 Å². The number of benzene rings is 1. The van der Waals surface area contributed by atoms with Gasteiger partial charge in [0.05, 0.1) is 9.37 Å². The molecule has 0 fully saturated rings. The van der Waals surface area contributed by atoms with Crippen LogP contribution in [0, 0.1) is 0 Å². The second-order valence-electron chi connectivity index (χ2n) is 4.08. The third-order valence-corrected chi connectivity index (χ3v) is 4.70. The van der Waals surface area contributed by atoms with E-state index in [0.29, 0.717) is 16.6 Å². The van der Waals surface area contributed by atoms with Gasteiger partial charge < -0.3 is 5.32 Å². The summed E-state index contributed by atoms with van der Waals surface area (Å²) >= 11 is 3.27. The molecule has 1 aromatic carbocycles. The monoisotopic (exact) mass is 355 g/mol. The molecule has 7 heteroatoms. The van der Waals surface area contributed by atoms with Crippen molar-refractivity contribution in [2.45, 2.75) is 11.4 Å². The topological polar surface area (TPSA) is 71.1 Å². The summed E-state index contributed by atoms with van der Waals surface area (Å²) in [4.78, 5) is 4.25. The van der Waals surface area contributed by atoms with E-state index in [2.05, 4.69) is 31.0 Å². The lowest BCUT2D eigenvalue weighted by Gasteiger charge is -2.12. The number of sulfonamides is 1. The molecule has 106 valence electrons. The molecule has 0 bridgehead atoms. The summed E-state index contributed by atoms with van der Waals surface area (Å²) in [6.07, 6.45) is 1.53. The van der Waals surface area contributed by atoms with Gasteiger partial charge in [-0.2, -0.15) is 0 Å². The van der Waals surface area contributed by atoms with Crippen molar-refractivity contribution in [3.8, 4) is 0 Å². The van der Waals surface area contributed by atoms with E-state index < -0.39 is 10.0 Å². The highest BCUT2D eigenvalue weighted by Gasteiger charge is 2.19. The molecular weight excluding hydrogens is 342 g/mol. The number of aromatic nitrogens is 1. The molecule has 0 atom stereocenters. The quantitative estimate of drug-likeness (QED) is 0.863. The number of nitrogens with zero attached hydrogens (tertiary/aromatic N) is 1. The maximum absolute atomic E-state index is 12.4. The van der Waals surface area contributed by atoms with Gasteiger partial charge >= 0.3 is 0 Å². The Balaban J connectivity index is 2.39. The Morgan fingerprint density at radius 3 is 2.65 bits per heavy atom. The van der Waals surface area contributed by atoms with Crippen molar-refractivity contribution >= 4 is 31.8 Å². The van der Waals surface area contributed by atoms with E-state index in [9.17, 15) is 8.42 Å². The molecule has 0 aliphatic heterocycles. The van der Waals surface area contributed by atoms with E-state index in [1.165, 1.54) is 6.20 Å². The van der Waals surface area contributed by atoms with E-state index in [4.69, 9.17) is 0 Å². The number of pyridine rings is 1. The Kier molecular flexibility index (Phi) is 4.74. The van der Waals surface area contributed by atoms with Crippen LogP contribution in [0.3, 0.4) is 0 Å². The fourth-order valence-corrected chi connectivity index (χ4v) is 3.50. The normalized spacial score (nSPS) is 11.3. The Bertz CT molecular complexity index is 704. The lowest BCUT2D eigenvalue weighted by Crippen LogP contribution is -2.18. The van der Waals surface area contributed by atoms with Crippen LogP contribution >= 0.6 is 15.9 Å². The summed E-state index contributed by atoms with van der Waals surface area (Å²) < 4.78 is 28.0. The minimum atomic E-state index is -3.67. The lowest BCUT2D eigenvalue weighted by molar-refractivity contribution is 0.599. The van der Waals surface area contributed by atoms with E-state index in [1.807, 2.05) is 6.07 Å². The molecule has 0 amide bonds. The van der Waals surface area contributed by atoms with Crippen molar-refractivity contribution in [1.82, 2.24) is 10.3 Å². The third-order valence-electron chi connectivity index (χ3n) is 2.62. The highest BCUT2D eigenvalue weighted by atomic mass is 79.9.